The van der Waals surface area contributed by atoms with Crippen LogP contribution in [-0.4, -0.2) is 39.2 Å². The number of hydrogen-bond donors (Lipinski definition) is 3. The summed E-state index contributed by atoms with van der Waals surface area (Å²) in [5.41, 5.74) is 6.48. The molecule has 3 aromatic heterocycles. The Morgan fingerprint density at radius 1 is 1.03 bits per heavy atom. The number of hydrogen-bond acceptors (Lipinski definition) is 4. The Labute approximate surface area is 232 Å². The number of anilines is 1. The fourth-order valence-corrected chi connectivity index (χ4v) is 7.02. The lowest BCUT2D eigenvalue weighted by atomic mass is 9.97. The van der Waals surface area contributed by atoms with Gasteiger partial charge in [-0.15, -0.1) is 22.9 Å². The number of phenolic OH excluding ortho intramolecular Hbond substituents is 1. The first-order valence-electron chi connectivity index (χ1n) is 12.8. The Morgan fingerprint density at radius 3 is 2.62 bits per heavy atom. The molecule has 8 heteroatoms. The van der Waals surface area contributed by atoms with Gasteiger partial charge < -0.3 is 20.0 Å². The van der Waals surface area contributed by atoms with Crippen molar-refractivity contribution in [3.63, 3.8) is 0 Å². The van der Waals surface area contributed by atoms with E-state index in [-0.39, 0.29) is 29.8 Å². The van der Waals surface area contributed by atoms with Crippen LogP contribution in [0.15, 0.2) is 66.0 Å². The van der Waals surface area contributed by atoms with E-state index in [0.29, 0.717) is 29.5 Å². The van der Waals surface area contributed by atoms with Crippen molar-refractivity contribution < 1.29 is 14.7 Å². The molecule has 3 N–H and O–H groups in total. The third-order valence-corrected chi connectivity index (χ3v) is 9.16. The van der Waals surface area contributed by atoms with Crippen molar-refractivity contribution in [2.45, 2.75) is 19.3 Å². The van der Waals surface area contributed by atoms with E-state index in [1.807, 2.05) is 66.9 Å². The van der Waals surface area contributed by atoms with Crippen molar-refractivity contribution in [2.24, 2.45) is 0 Å². The Balaban J connectivity index is 1.19. The van der Waals surface area contributed by atoms with E-state index in [4.69, 9.17) is 11.6 Å². The summed E-state index contributed by atoms with van der Waals surface area (Å²) in [7, 11) is 0. The van der Waals surface area contributed by atoms with Crippen LogP contribution in [0.4, 0.5) is 5.69 Å². The number of aromatic hydroxyl groups is 1. The zero-order valence-corrected chi connectivity index (χ0v) is 22.6. The molecule has 6 aromatic rings. The van der Waals surface area contributed by atoms with Crippen LogP contribution < -0.4 is 4.90 Å². The van der Waals surface area contributed by atoms with Crippen molar-refractivity contribution >= 4 is 72.2 Å². The number of ketones is 1. The monoisotopic (exact) mass is 553 g/mol. The second kappa shape index (κ2) is 9.00. The van der Waals surface area contributed by atoms with Gasteiger partial charge in [0.05, 0.1) is 16.1 Å². The molecule has 4 heterocycles. The number of nitrogens with zero attached hydrogens (tertiary/aromatic N) is 1. The first-order valence-corrected chi connectivity index (χ1v) is 14.2. The summed E-state index contributed by atoms with van der Waals surface area (Å²) in [6.07, 6.45) is 0.253. The van der Waals surface area contributed by atoms with Crippen LogP contribution in [-0.2, 0) is 6.42 Å². The van der Waals surface area contributed by atoms with Gasteiger partial charge in [0.25, 0.3) is 5.91 Å². The molecule has 0 saturated carbocycles. The highest BCUT2D eigenvalue weighted by Gasteiger charge is 2.36. The van der Waals surface area contributed by atoms with Gasteiger partial charge in [0.15, 0.2) is 5.78 Å². The predicted molar refractivity (Wildman–Crippen MR) is 158 cm³/mol. The number of aromatic nitrogens is 2. The van der Waals surface area contributed by atoms with E-state index in [2.05, 4.69) is 9.97 Å². The number of aromatic amines is 2. The molecule has 1 aliphatic rings. The molecular formula is C31H24ClN3O3S. The van der Waals surface area contributed by atoms with Gasteiger partial charge in [-0.2, -0.15) is 0 Å². The highest BCUT2D eigenvalue weighted by molar-refractivity contribution is 7.17. The Bertz CT molecular complexity index is 1920. The Hall–Kier alpha value is -4.07. The standard InChI is InChI=1S/C31H24ClN3O3S/c1-16-15-39-30-27(37)12-25-29(28(16)30)20(13-32)14-35(25)31(38)24-11-19-8-17(6-7-22(19)34-24)9-26(36)23-10-18-4-2-3-5-21(18)33-23/h2-8,10-12,15,20,33-34,37H,9,13-14H2,1H3/t20-/m1/s1. The van der Waals surface area contributed by atoms with Crippen LogP contribution in [0.1, 0.15) is 43.6 Å². The summed E-state index contributed by atoms with van der Waals surface area (Å²) in [5, 5.41) is 15.6. The van der Waals surface area contributed by atoms with Gasteiger partial charge in [0.2, 0.25) is 0 Å². The first kappa shape index (κ1) is 24.0. The molecule has 1 amide bonds. The summed E-state index contributed by atoms with van der Waals surface area (Å²) in [6, 6.07) is 19.0. The van der Waals surface area contributed by atoms with Gasteiger partial charge in [-0.25, -0.2) is 0 Å². The lowest BCUT2D eigenvalue weighted by molar-refractivity contribution is 0.0978. The number of phenols is 1. The zero-order valence-electron chi connectivity index (χ0n) is 21.0. The quantitative estimate of drug-likeness (QED) is 0.155. The number of Topliss-reactive ketones (excluding diaryl/α,β-unsaturated/α-hetero) is 1. The average Bonchev–Trinajstić information content (AvgIpc) is 3.71. The predicted octanol–water partition coefficient (Wildman–Crippen LogP) is 7.29. The number of alkyl halides is 1. The number of H-pyrrole nitrogens is 2. The summed E-state index contributed by atoms with van der Waals surface area (Å²) < 4.78 is 0.829. The minimum Gasteiger partial charge on any atom is -0.506 e. The van der Waals surface area contributed by atoms with Gasteiger partial charge in [0.1, 0.15) is 11.4 Å². The van der Waals surface area contributed by atoms with Crippen molar-refractivity contribution in [1.82, 2.24) is 9.97 Å². The summed E-state index contributed by atoms with van der Waals surface area (Å²) in [4.78, 5) is 34.9. The summed E-state index contributed by atoms with van der Waals surface area (Å²) in [6.45, 7) is 2.47. The highest BCUT2D eigenvalue weighted by Crippen LogP contribution is 2.48. The molecule has 0 spiro atoms. The van der Waals surface area contributed by atoms with Crippen molar-refractivity contribution in [2.75, 3.05) is 17.3 Å². The molecular weight excluding hydrogens is 530 g/mol. The van der Waals surface area contributed by atoms with Crippen LogP contribution in [0.2, 0.25) is 0 Å². The van der Waals surface area contributed by atoms with Crippen LogP contribution >= 0.6 is 22.9 Å². The lowest BCUT2D eigenvalue weighted by Gasteiger charge is -2.17. The minimum atomic E-state index is -0.178. The van der Waals surface area contributed by atoms with Gasteiger partial charge in [-0.3, -0.25) is 9.59 Å². The van der Waals surface area contributed by atoms with E-state index >= 15 is 0 Å². The number of para-hydroxylation sites is 1. The molecule has 1 atom stereocenters. The van der Waals surface area contributed by atoms with E-state index < -0.39 is 0 Å². The number of carbonyl (C=O) groups excluding carboxylic acids is 2. The maximum atomic E-state index is 13.8. The molecule has 0 saturated heterocycles. The fourth-order valence-electron chi connectivity index (χ4n) is 5.79. The molecule has 7 rings (SSSR count). The maximum Gasteiger partial charge on any atom is 0.274 e. The van der Waals surface area contributed by atoms with Crippen LogP contribution in [0.5, 0.6) is 5.75 Å². The normalized spacial score (nSPS) is 15.0. The molecule has 0 radical (unpaired) electrons. The summed E-state index contributed by atoms with van der Waals surface area (Å²) in [5.74, 6) is 0.367. The van der Waals surface area contributed by atoms with Gasteiger partial charge >= 0.3 is 0 Å². The molecule has 0 unspecified atom stereocenters. The molecule has 3 aromatic carbocycles. The largest absolute Gasteiger partial charge is 0.506 e. The van der Waals surface area contributed by atoms with E-state index in [1.165, 1.54) is 11.3 Å². The summed E-state index contributed by atoms with van der Waals surface area (Å²) >= 11 is 7.87. The van der Waals surface area contributed by atoms with Gasteiger partial charge in [-0.1, -0.05) is 24.3 Å². The van der Waals surface area contributed by atoms with Crippen molar-refractivity contribution in [1.29, 1.82) is 0 Å². The number of amides is 1. The SMILES string of the molecule is Cc1csc2c(O)cc3c(c12)[C@H](CCl)CN3C(=O)c1cc2cc(CC(=O)c3cc4ccccc4[nH]3)ccc2[nH]1. The molecule has 0 aliphatic carbocycles. The topological polar surface area (TPSA) is 89.2 Å². The van der Waals surface area contributed by atoms with Gasteiger partial charge in [0, 0.05) is 58.0 Å². The molecule has 0 bridgehead atoms. The number of aryl methyl sites for hydroxylation is 1. The molecule has 39 heavy (non-hydrogen) atoms. The van der Waals surface area contributed by atoms with Crippen molar-refractivity contribution in [3.05, 3.63) is 94.1 Å². The number of rotatable bonds is 5. The zero-order chi connectivity index (χ0) is 26.8. The lowest BCUT2D eigenvalue weighted by Crippen LogP contribution is -2.30. The highest BCUT2D eigenvalue weighted by atomic mass is 35.5. The number of thiophene rings is 1. The third kappa shape index (κ3) is 3.84. The van der Waals surface area contributed by atoms with Crippen LogP contribution in [0, 0.1) is 6.92 Å². The Morgan fingerprint density at radius 2 is 1.79 bits per heavy atom. The Kier molecular flexibility index (Phi) is 5.54. The van der Waals surface area contributed by atoms with E-state index in [1.54, 1.807) is 11.0 Å². The molecule has 194 valence electrons. The number of benzene rings is 3. The molecule has 0 fully saturated rings. The smallest absolute Gasteiger partial charge is 0.274 e. The average molecular weight is 554 g/mol. The third-order valence-electron chi connectivity index (χ3n) is 7.67. The van der Waals surface area contributed by atoms with Crippen LogP contribution in [0.25, 0.3) is 31.9 Å². The number of halogens is 1. The first-order chi connectivity index (χ1) is 18.9. The molecule has 1 aliphatic heterocycles. The van der Waals surface area contributed by atoms with E-state index in [0.717, 1.165) is 48.6 Å². The maximum absolute atomic E-state index is 13.8. The second-order valence-corrected chi connectivity index (χ2v) is 11.4. The minimum absolute atomic E-state index is 0.00743. The number of carbonyl (C=O) groups is 2. The van der Waals surface area contributed by atoms with E-state index in [9.17, 15) is 14.7 Å². The van der Waals surface area contributed by atoms with Crippen molar-refractivity contribution in [3.8, 4) is 5.75 Å². The molecule has 6 nitrogen and oxygen atoms in total. The fraction of sp³-hybridized carbons (Fsp3) is 0.161. The van der Waals surface area contributed by atoms with Crippen LogP contribution in [0.3, 0.4) is 0 Å². The van der Waals surface area contributed by atoms with Gasteiger partial charge in [-0.05, 0) is 59.3 Å². The second-order valence-electron chi connectivity index (χ2n) is 10.2. The number of nitrogens with one attached hydrogen (secondary N) is 2. The number of fused-ring (bicyclic) bond motifs is 5.